The molecule has 2 heteroatoms. The lowest BCUT2D eigenvalue weighted by molar-refractivity contribution is -0.0418. The Bertz CT molecular complexity index is 2490. The zero-order valence-corrected chi connectivity index (χ0v) is 33.8. The molecule has 4 bridgehead atoms. The Labute approximate surface area is 344 Å². The highest BCUT2D eigenvalue weighted by Crippen LogP contribution is 2.65. The molecule has 5 aliphatic rings. The molecule has 0 N–H and O–H groups in total. The first kappa shape index (κ1) is 35.3. The predicted octanol–water partition coefficient (Wildman–Crippen LogP) is 15.1. The number of hydrogen-bond acceptors (Lipinski definition) is 2. The summed E-state index contributed by atoms with van der Waals surface area (Å²) < 4.78 is 0. The van der Waals surface area contributed by atoms with Gasteiger partial charge in [-0.05, 0) is 168 Å². The van der Waals surface area contributed by atoms with Crippen molar-refractivity contribution in [2.24, 2.45) is 23.7 Å². The topological polar surface area (TPSA) is 6.48 Å². The highest BCUT2D eigenvalue weighted by molar-refractivity contribution is 5.86. The van der Waals surface area contributed by atoms with Gasteiger partial charge in [0.05, 0.1) is 0 Å². The number of anilines is 6. The molecule has 4 saturated carbocycles. The van der Waals surface area contributed by atoms with E-state index in [1.807, 2.05) is 0 Å². The molecule has 0 spiro atoms. The van der Waals surface area contributed by atoms with Crippen LogP contribution in [0.1, 0.15) is 74.6 Å². The minimum absolute atomic E-state index is 0.00860. The highest BCUT2D eigenvalue weighted by atomic mass is 15.1. The monoisotopic (exact) mass is 752 g/mol. The van der Waals surface area contributed by atoms with Gasteiger partial charge in [-0.3, -0.25) is 0 Å². The van der Waals surface area contributed by atoms with Gasteiger partial charge in [-0.25, -0.2) is 0 Å². The van der Waals surface area contributed by atoms with Crippen molar-refractivity contribution < 1.29 is 0 Å². The fourth-order valence-electron chi connectivity index (χ4n) is 12.5. The number of hydrogen-bond donors (Lipinski definition) is 0. The van der Waals surface area contributed by atoms with Crippen molar-refractivity contribution in [3.8, 4) is 11.1 Å². The summed E-state index contributed by atoms with van der Waals surface area (Å²) in [6.45, 7) is 4.77. The van der Waals surface area contributed by atoms with E-state index in [2.05, 4.69) is 206 Å². The Morgan fingerprint density at radius 3 is 1.29 bits per heavy atom. The number of benzene rings is 7. The molecular weight excluding hydrogens is 701 g/mol. The fraction of sp³-hybridized carbons (Fsp3) is 0.250. The average Bonchev–Trinajstić information content (AvgIpc) is 3.53. The third-order valence-electron chi connectivity index (χ3n) is 15.1. The van der Waals surface area contributed by atoms with Gasteiger partial charge in [0, 0.05) is 45.0 Å². The smallest absolute Gasteiger partial charge is 0.0465 e. The lowest BCUT2D eigenvalue weighted by atomic mass is 9.42. The van der Waals surface area contributed by atoms with Crippen LogP contribution in [0.3, 0.4) is 0 Å². The van der Waals surface area contributed by atoms with Gasteiger partial charge in [-0.2, -0.15) is 0 Å². The Morgan fingerprint density at radius 1 is 0.414 bits per heavy atom. The lowest BCUT2D eigenvalue weighted by Crippen LogP contribution is -2.56. The number of fused-ring (bicyclic) bond motifs is 3. The maximum atomic E-state index is 2.51. The normalized spacial score (nSPS) is 24.9. The minimum Gasteiger partial charge on any atom is -0.311 e. The van der Waals surface area contributed by atoms with Crippen LogP contribution in [0.4, 0.5) is 34.1 Å². The molecule has 58 heavy (non-hydrogen) atoms. The van der Waals surface area contributed by atoms with Gasteiger partial charge >= 0.3 is 0 Å². The highest BCUT2D eigenvalue weighted by Gasteiger charge is 2.58. The van der Waals surface area contributed by atoms with Crippen molar-refractivity contribution in [2.45, 2.75) is 63.2 Å². The van der Waals surface area contributed by atoms with E-state index < -0.39 is 0 Å². The summed E-state index contributed by atoms with van der Waals surface area (Å²) in [4.78, 5) is 4.87. The van der Waals surface area contributed by atoms with Crippen LogP contribution in [0.2, 0.25) is 0 Å². The van der Waals surface area contributed by atoms with Crippen molar-refractivity contribution in [3.63, 3.8) is 0 Å². The number of para-hydroxylation sites is 3. The molecule has 0 saturated heterocycles. The zero-order chi connectivity index (χ0) is 38.8. The SMILES string of the molecule is CCC1(C)c2ccccc2-c2ccc(N(c3ccccc3)c3ccc(C4(c5ccc(N(c6ccccc6)c6ccccc6)cc5)C5CC6CC(C5)CC4C6)cc3)cc21. The van der Waals surface area contributed by atoms with Crippen LogP contribution < -0.4 is 9.80 Å². The second-order valence-corrected chi connectivity index (χ2v) is 17.9. The van der Waals surface area contributed by atoms with Crippen molar-refractivity contribution in [2.75, 3.05) is 9.80 Å². The molecule has 0 aromatic heterocycles. The van der Waals surface area contributed by atoms with Gasteiger partial charge in [-0.15, -0.1) is 0 Å². The quantitative estimate of drug-likeness (QED) is 0.145. The summed E-state index contributed by atoms with van der Waals surface area (Å²) in [7, 11) is 0. The van der Waals surface area contributed by atoms with Crippen LogP contribution in [0.5, 0.6) is 0 Å². The van der Waals surface area contributed by atoms with E-state index in [4.69, 9.17) is 0 Å². The van der Waals surface area contributed by atoms with Gasteiger partial charge < -0.3 is 9.80 Å². The summed E-state index contributed by atoms with van der Waals surface area (Å²) in [5.74, 6) is 3.09. The minimum atomic E-state index is -0.0191. The van der Waals surface area contributed by atoms with Crippen molar-refractivity contribution in [1.29, 1.82) is 0 Å². The zero-order valence-electron chi connectivity index (χ0n) is 33.8. The molecule has 2 nitrogen and oxygen atoms in total. The second-order valence-electron chi connectivity index (χ2n) is 17.9. The molecule has 4 fully saturated rings. The first-order valence-electron chi connectivity index (χ1n) is 21.8. The van der Waals surface area contributed by atoms with Crippen LogP contribution in [0.25, 0.3) is 11.1 Å². The molecule has 0 amide bonds. The number of rotatable bonds is 9. The van der Waals surface area contributed by atoms with Crippen molar-refractivity contribution >= 4 is 34.1 Å². The van der Waals surface area contributed by atoms with E-state index in [0.29, 0.717) is 11.8 Å². The second kappa shape index (κ2) is 13.9. The fourth-order valence-corrected chi connectivity index (χ4v) is 12.5. The van der Waals surface area contributed by atoms with Gasteiger partial charge in [0.2, 0.25) is 0 Å². The van der Waals surface area contributed by atoms with Crippen LogP contribution in [-0.2, 0) is 10.8 Å². The third-order valence-corrected chi connectivity index (χ3v) is 15.1. The molecule has 7 aromatic carbocycles. The van der Waals surface area contributed by atoms with Gasteiger partial charge in [-0.1, -0.05) is 123 Å². The average molecular weight is 753 g/mol. The van der Waals surface area contributed by atoms with Gasteiger partial charge in [0.25, 0.3) is 0 Å². The van der Waals surface area contributed by atoms with Gasteiger partial charge in [0.15, 0.2) is 0 Å². The Hall–Kier alpha value is -5.86. The van der Waals surface area contributed by atoms with Gasteiger partial charge in [0.1, 0.15) is 0 Å². The molecule has 1 unspecified atom stereocenters. The summed E-state index contributed by atoms with van der Waals surface area (Å²) in [5.41, 5.74) is 15.8. The van der Waals surface area contributed by atoms with E-state index in [9.17, 15) is 0 Å². The first-order chi connectivity index (χ1) is 28.5. The first-order valence-corrected chi connectivity index (χ1v) is 21.8. The van der Waals surface area contributed by atoms with Crippen LogP contribution in [-0.4, -0.2) is 0 Å². The molecule has 1 atom stereocenters. The van der Waals surface area contributed by atoms with E-state index >= 15 is 0 Å². The Morgan fingerprint density at radius 2 is 0.810 bits per heavy atom. The third kappa shape index (κ3) is 5.44. The summed E-state index contributed by atoms with van der Waals surface area (Å²) in [5, 5.41) is 0. The molecular formula is C56H52N2. The Balaban J connectivity index is 1.01. The van der Waals surface area contributed by atoms with Crippen LogP contribution in [0, 0.1) is 23.7 Å². The molecule has 5 aliphatic carbocycles. The maximum Gasteiger partial charge on any atom is 0.0465 e. The van der Waals surface area contributed by atoms with Crippen molar-refractivity contribution in [3.05, 3.63) is 204 Å². The van der Waals surface area contributed by atoms with E-state index in [-0.39, 0.29) is 10.8 Å². The van der Waals surface area contributed by atoms with E-state index in [0.717, 1.165) is 18.3 Å². The van der Waals surface area contributed by atoms with Crippen LogP contribution >= 0.6 is 0 Å². The van der Waals surface area contributed by atoms with Crippen LogP contribution in [0.15, 0.2) is 182 Å². The van der Waals surface area contributed by atoms with E-state index in [1.165, 1.54) is 99.6 Å². The standard InChI is InChI=1S/C56H52N2/c1-3-55(2)53-22-14-13-21-51(53)52-32-31-50(38-54(52)55)58(47-19-11-6-12-20-47)49-29-25-42(26-30-49)56(43-34-39-33-40(36-43)37-44(56)35-39)41-23-27-48(28-24-41)57(45-15-7-4-8-16-45)46-17-9-5-10-18-46/h4-32,38-40,43-44H,3,33-37H2,1-2H3. The largest absolute Gasteiger partial charge is 0.311 e. The molecule has 0 radical (unpaired) electrons. The Kier molecular flexibility index (Phi) is 8.47. The summed E-state index contributed by atoms with van der Waals surface area (Å²) in [6, 6.07) is 68.4. The predicted molar refractivity (Wildman–Crippen MR) is 242 cm³/mol. The lowest BCUT2D eigenvalue weighted by Gasteiger charge is -2.62. The molecule has 0 aliphatic heterocycles. The summed E-state index contributed by atoms with van der Waals surface area (Å²) in [6.07, 6.45) is 7.89. The van der Waals surface area contributed by atoms with Crippen molar-refractivity contribution in [1.82, 2.24) is 0 Å². The number of nitrogens with zero attached hydrogens (tertiary/aromatic N) is 2. The molecule has 7 aromatic rings. The molecule has 0 heterocycles. The summed E-state index contributed by atoms with van der Waals surface area (Å²) >= 11 is 0. The molecule has 12 rings (SSSR count). The molecule has 286 valence electrons. The van der Waals surface area contributed by atoms with E-state index in [1.54, 1.807) is 0 Å². The maximum absolute atomic E-state index is 2.51.